The van der Waals surface area contributed by atoms with Crippen molar-refractivity contribution in [3.05, 3.63) is 48.0 Å². The van der Waals surface area contributed by atoms with Gasteiger partial charge in [0.2, 0.25) is 0 Å². The number of benzene rings is 2. The van der Waals surface area contributed by atoms with Crippen molar-refractivity contribution in [1.29, 1.82) is 0 Å². The van der Waals surface area contributed by atoms with Gasteiger partial charge >= 0.3 is 0 Å². The Morgan fingerprint density at radius 1 is 0.864 bits per heavy atom. The molecule has 2 nitrogen and oxygen atoms in total. The fourth-order valence-electron chi connectivity index (χ4n) is 2.10. The van der Waals surface area contributed by atoms with Gasteiger partial charge in [-0.25, -0.2) is 0 Å². The van der Waals surface area contributed by atoms with Crippen molar-refractivity contribution in [2.45, 2.75) is 47.0 Å². The van der Waals surface area contributed by atoms with E-state index in [4.69, 9.17) is 4.74 Å². The highest BCUT2D eigenvalue weighted by atomic mass is 16.5. The van der Waals surface area contributed by atoms with Crippen LogP contribution in [0.1, 0.15) is 47.1 Å². The lowest BCUT2D eigenvalue weighted by atomic mass is 9.87. The number of para-hydroxylation sites is 2. The number of rotatable bonds is 0. The van der Waals surface area contributed by atoms with Gasteiger partial charge in [0.1, 0.15) is 0 Å². The molecule has 0 aromatic heterocycles. The molecule has 2 aromatic carbocycles. The van der Waals surface area contributed by atoms with Gasteiger partial charge in [-0.3, -0.25) is 0 Å². The van der Waals surface area contributed by atoms with Crippen LogP contribution < -0.4 is 10.1 Å². The van der Waals surface area contributed by atoms with Crippen LogP contribution in [0.25, 0.3) is 0 Å². The summed E-state index contributed by atoms with van der Waals surface area (Å²) in [5.41, 5.74) is 3.47. The summed E-state index contributed by atoms with van der Waals surface area (Å²) in [6.45, 7) is 13.1. The molecule has 0 saturated heterocycles. The number of hydrogen-bond donors (Lipinski definition) is 1. The summed E-state index contributed by atoms with van der Waals surface area (Å²) in [6, 6.07) is 14.4. The standard InChI is InChI=1S/C16H17NO.C4H10/c1-16(2,3)11-8-9-13-15(10-11)18-14-7-5-4-6-12(14)17-13;1-4(2)3/h4-10,17H,1-3H3;4H,1-3H3. The van der Waals surface area contributed by atoms with Crippen molar-refractivity contribution in [2.24, 2.45) is 5.92 Å². The summed E-state index contributed by atoms with van der Waals surface area (Å²) in [4.78, 5) is 0. The Bertz CT molecular complexity index is 636. The minimum Gasteiger partial charge on any atom is -0.453 e. The van der Waals surface area contributed by atoms with Crippen LogP contribution in [0.5, 0.6) is 11.5 Å². The molecule has 0 unspecified atom stereocenters. The van der Waals surface area contributed by atoms with Crippen molar-refractivity contribution in [1.82, 2.24) is 0 Å². The predicted molar refractivity (Wildman–Crippen MR) is 95.5 cm³/mol. The summed E-state index contributed by atoms with van der Waals surface area (Å²) in [5.74, 6) is 2.62. The van der Waals surface area contributed by atoms with E-state index in [9.17, 15) is 0 Å². The van der Waals surface area contributed by atoms with E-state index in [2.05, 4.69) is 65.1 Å². The molecule has 1 heterocycles. The van der Waals surface area contributed by atoms with Crippen LogP contribution in [0.2, 0.25) is 0 Å². The van der Waals surface area contributed by atoms with Gasteiger partial charge in [0.05, 0.1) is 11.4 Å². The largest absolute Gasteiger partial charge is 0.453 e. The van der Waals surface area contributed by atoms with Crippen molar-refractivity contribution in [3.63, 3.8) is 0 Å². The normalized spacial score (nSPS) is 12.3. The molecule has 0 atom stereocenters. The molecule has 118 valence electrons. The molecule has 1 N–H and O–H groups in total. The monoisotopic (exact) mass is 297 g/mol. The van der Waals surface area contributed by atoms with Gasteiger partial charge in [-0.2, -0.15) is 0 Å². The molecule has 3 rings (SSSR count). The highest BCUT2D eigenvalue weighted by Crippen LogP contribution is 2.43. The van der Waals surface area contributed by atoms with E-state index < -0.39 is 0 Å². The highest BCUT2D eigenvalue weighted by molar-refractivity contribution is 5.75. The molecule has 0 spiro atoms. The fraction of sp³-hybridized carbons (Fsp3) is 0.400. The van der Waals surface area contributed by atoms with Crippen LogP contribution >= 0.6 is 0 Å². The molecular formula is C20H27NO. The van der Waals surface area contributed by atoms with Gasteiger partial charge in [-0.15, -0.1) is 0 Å². The Morgan fingerprint density at radius 2 is 1.45 bits per heavy atom. The summed E-state index contributed by atoms with van der Waals surface area (Å²) in [6.07, 6.45) is 0. The first kappa shape index (κ1) is 16.4. The van der Waals surface area contributed by atoms with Crippen LogP contribution in [-0.2, 0) is 5.41 Å². The minimum absolute atomic E-state index is 0.134. The second-order valence-corrected chi connectivity index (χ2v) is 7.42. The lowest BCUT2D eigenvalue weighted by molar-refractivity contribution is 0.477. The van der Waals surface area contributed by atoms with Gasteiger partial charge in [0, 0.05) is 0 Å². The van der Waals surface area contributed by atoms with Gasteiger partial charge in [-0.05, 0) is 41.2 Å². The Morgan fingerprint density at radius 3 is 2.09 bits per heavy atom. The molecule has 0 fully saturated rings. The van der Waals surface area contributed by atoms with Crippen LogP contribution in [0, 0.1) is 5.92 Å². The van der Waals surface area contributed by atoms with E-state index in [1.54, 1.807) is 0 Å². The van der Waals surface area contributed by atoms with Gasteiger partial charge in [0.25, 0.3) is 0 Å². The molecule has 0 saturated carbocycles. The third-order valence-electron chi connectivity index (χ3n) is 3.22. The maximum atomic E-state index is 5.95. The molecule has 2 heteroatoms. The van der Waals surface area contributed by atoms with E-state index in [1.807, 2.05) is 24.3 Å². The zero-order valence-electron chi connectivity index (χ0n) is 14.5. The van der Waals surface area contributed by atoms with E-state index in [0.717, 1.165) is 28.8 Å². The average Bonchev–Trinajstić information content (AvgIpc) is 2.43. The average molecular weight is 297 g/mol. The second kappa shape index (κ2) is 6.43. The molecule has 2 aromatic rings. The second-order valence-electron chi connectivity index (χ2n) is 7.42. The Hall–Kier alpha value is -1.96. The molecule has 0 radical (unpaired) electrons. The van der Waals surface area contributed by atoms with Crippen LogP contribution in [0.4, 0.5) is 11.4 Å². The third kappa shape index (κ3) is 4.03. The SMILES string of the molecule is CC(C)(C)c1ccc2c(c1)Oc1ccccc1N2.CC(C)C. The quantitative estimate of drug-likeness (QED) is 0.511. The number of nitrogens with one attached hydrogen (secondary N) is 1. The summed E-state index contributed by atoms with van der Waals surface area (Å²) < 4.78 is 5.95. The molecule has 22 heavy (non-hydrogen) atoms. The molecule has 0 bridgehead atoms. The fourth-order valence-corrected chi connectivity index (χ4v) is 2.10. The summed E-state index contributed by atoms with van der Waals surface area (Å²) in [7, 11) is 0. The maximum Gasteiger partial charge on any atom is 0.151 e. The molecule has 1 aliphatic heterocycles. The maximum absolute atomic E-state index is 5.95. The van der Waals surface area contributed by atoms with Crippen LogP contribution in [0.3, 0.4) is 0 Å². The summed E-state index contributed by atoms with van der Waals surface area (Å²) >= 11 is 0. The van der Waals surface area contributed by atoms with Gasteiger partial charge in [0.15, 0.2) is 11.5 Å². The van der Waals surface area contributed by atoms with Crippen molar-refractivity contribution in [2.75, 3.05) is 5.32 Å². The van der Waals surface area contributed by atoms with E-state index in [0.29, 0.717) is 0 Å². The molecular weight excluding hydrogens is 270 g/mol. The van der Waals surface area contributed by atoms with E-state index >= 15 is 0 Å². The first-order valence-electron chi connectivity index (χ1n) is 7.96. The van der Waals surface area contributed by atoms with E-state index in [-0.39, 0.29) is 5.41 Å². The first-order valence-corrected chi connectivity index (χ1v) is 7.96. The van der Waals surface area contributed by atoms with Crippen molar-refractivity contribution < 1.29 is 4.74 Å². The Labute approximate surface area is 134 Å². The molecule has 1 aliphatic rings. The zero-order chi connectivity index (χ0) is 16.3. The molecule has 0 amide bonds. The number of ether oxygens (including phenoxy) is 1. The minimum atomic E-state index is 0.134. The van der Waals surface area contributed by atoms with Crippen LogP contribution in [-0.4, -0.2) is 0 Å². The molecule has 0 aliphatic carbocycles. The third-order valence-corrected chi connectivity index (χ3v) is 3.22. The topological polar surface area (TPSA) is 21.3 Å². The highest BCUT2D eigenvalue weighted by Gasteiger charge is 2.20. The Balaban J connectivity index is 0.000000396. The van der Waals surface area contributed by atoms with Crippen LogP contribution in [0.15, 0.2) is 42.5 Å². The van der Waals surface area contributed by atoms with Gasteiger partial charge in [-0.1, -0.05) is 59.7 Å². The van der Waals surface area contributed by atoms with Crippen molar-refractivity contribution >= 4 is 11.4 Å². The lowest BCUT2D eigenvalue weighted by Crippen LogP contribution is -2.12. The summed E-state index contributed by atoms with van der Waals surface area (Å²) in [5, 5.41) is 3.39. The number of hydrogen-bond acceptors (Lipinski definition) is 2. The lowest BCUT2D eigenvalue weighted by Gasteiger charge is -2.25. The predicted octanol–water partition coefficient (Wildman–Crippen LogP) is 6.50. The first-order chi connectivity index (χ1) is 10.3. The van der Waals surface area contributed by atoms with Gasteiger partial charge < -0.3 is 10.1 Å². The van der Waals surface area contributed by atoms with E-state index in [1.165, 1.54) is 5.56 Å². The number of fused-ring (bicyclic) bond motifs is 2. The smallest absolute Gasteiger partial charge is 0.151 e. The zero-order valence-corrected chi connectivity index (χ0v) is 14.5. The number of anilines is 2. The van der Waals surface area contributed by atoms with Crippen molar-refractivity contribution in [3.8, 4) is 11.5 Å². The Kier molecular flexibility index (Phi) is 4.80.